The van der Waals surface area contributed by atoms with Gasteiger partial charge in [0, 0.05) is 39.0 Å². The fraction of sp³-hybridized carbons (Fsp3) is 0.552. The van der Waals surface area contributed by atoms with Crippen molar-refractivity contribution in [2.24, 2.45) is 11.1 Å². The second kappa shape index (κ2) is 12.3. The molecule has 1 unspecified atom stereocenters. The lowest BCUT2D eigenvalue weighted by Crippen LogP contribution is -2.40. The SMILES string of the molecule is CC(N)C(=O)OCCS(=O)(=O)Nc1ccc(C(=O)Nc2ccc(N)c(N3CCC(F)(F)CC3)n2)c(N2CCC3(CC2)CC3)c1. The number of anilines is 5. The zero-order valence-corrected chi connectivity index (χ0v) is 25.5. The molecule has 240 valence electrons. The molecule has 3 heterocycles. The van der Waals surface area contributed by atoms with Crippen LogP contribution in [0.4, 0.5) is 37.5 Å². The maximum absolute atomic E-state index is 13.7. The molecule has 0 bridgehead atoms. The average Bonchev–Trinajstić information content (AvgIpc) is 3.72. The molecule has 44 heavy (non-hydrogen) atoms. The Balaban J connectivity index is 1.34. The van der Waals surface area contributed by atoms with Gasteiger partial charge in [-0.15, -0.1) is 0 Å². The third kappa shape index (κ3) is 7.67. The number of amides is 1. The minimum absolute atomic E-state index is 0.0914. The molecule has 2 aromatic rings. The van der Waals surface area contributed by atoms with Crippen molar-refractivity contribution < 1.29 is 31.5 Å². The van der Waals surface area contributed by atoms with E-state index >= 15 is 0 Å². The van der Waals surface area contributed by atoms with Crippen LogP contribution >= 0.6 is 0 Å². The number of hydrogen-bond donors (Lipinski definition) is 4. The van der Waals surface area contributed by atoms with Crippen LogP contribution in [0.25, 0.3) is 0 Å². The number of benzene rings is 1. The largest absolute Gasteiger partial charge is 0.463 e. The second-order valence-electron chi connectivity index (χ2n) is 12.0. The molecule has 2 aliphatic heterocycles. The molecule has 1 atom stereocenters. The van der Waals surface area contributed by atoms with Gasteiger partial charge in [0.05, 0.1) is 22.6 Å². The van der Waals surface area contributed by atoms with Gasteiger partial charge in [-0.05, 0) is 68.4 Å². The van der Waals surface area contributed by atoms with Gasteiger partial charge in [-0.3, -0.25) is 14.3 Å². The molecule has 1 amide bonds. The Kier molecular flexibility index (Phi) is 8.89. The van der Waals surface area contributed by atoms with E-state index in [0.717, 1.165) is 12.8 Å². The number of sulfonamides is 1. The Morgan fingerprint density at radius 2 is 1.68 bits per heavy atom. The first kappa shape index (κ1) is 31.7. The molecule has 15 heteroatoms. The Bertz CT molecular complexity index is 1500. The highest BCUT2D eigenvalue weighted by atomic mass is 32.2. The second-order valence-corrected chi connectivity index (χ2v) is 13.8. The van der Waals surface area contributed by atoms with E-state index in [2.05, 4.69) is 19.9 Å². The van der Waals surface area contributed by atoms with E-state index < -0.39 is 39.6 Å². The Labute approximate surface area is 255 Å². The van der Waals surface area contributed by atoms with Crippen molar-refractivity contribution in [2.45, 2.75) is 57.4 Å². The minimum atomic E-state index is -3.88. The number of hydrogen-bond acceptors (Lipinski definition) is 10. The normalized spacial score (nSPS) is 19.7. The third-order valence-corrected chi connectivity index (χ3v) is 9.80. The summed E-state index contributed by atoms with van der Waals surface area (Å²) in [5.74, 6) is -3.80. The van der Waals surface area contributed by atoms with Crippen LogP contribution in [-0.2, 0) is 19.6 Å². The summed E-state index contributed by atoms with van der Waals surface area (Å²) in [6.07, 6.45) is 3.74. The molecule has 1 aromatic heterocycles. The molecule has 3 aliphatic rings. The summed E-state index contributed by atoms with van der Waals surface area (Å²) < 4.78 is 60.3. The predicted octanol–water partition coefficient (Wildman–Crippen LogP) is 3.16. The molecule has 0 radical (unpaired) electrons. The number of nitrogen functional groups attached to an aromatic ring is 1. The highest BCUT2D eigenvalue weighted by Crippen LogP contribution is 2.54. The summed E-state index contributed by atoms with van der Waals surface area (Å²) >= 11 is 0. The van der Waals surface area contributed by atoms with Gasteiger partial charge in [0.25, 0.3) is 11.8 Å². The Hall–Kier alpha value is -3.72. The number of alkyl halides is 2. The smallest absolute Gasteiger partial charge is 0.322 e. The van der Waals surface area contributed by atoms with Crippen molar-refractivity contribution in [1.82, 2.24) is 4.98 Å². The number of piperidine rings is 2. The average molecular weight is 636 g/mol. The fourth-order valence-corrected chi connectivity index (χ4v) is 6.46. The van der Waals surface area contributed by atoms with Gasteiger partial charge in [-0.2, -0.15) is 0 Å². The number of pyridine rings is 1. The molecule has 2 saturated heterocycles. The lowest BCUT2D eigenvalue weighted by atomic mass is 9.93. The number of carbonyl (C=O) groups is 2. The van der Waals surface area contributed by atoms with Crippen molar-refractivity contribution >= 4 is 50.6 Å². The van der Waals surface area contributed by atoms with Crippen LogP contribution in [0, 0.1) is 5.41 Å². The lowest BCUT2D eigenvalue weighted by molar-refractivity contribution is -0.144. The number of carbonyl (C=O) groups excluding carboxylic acids is 2. The first-order valence-corrected chi connectivity index (χ1v) is 16.4. The van der Waals surface area contributed by atoms with E-state index in [4.69, 9.17) is 16.2 Å². The number of rotatable bonds is 10. The summed E-state index contributed by atoms with van der Waals surface area (Å²) in [6.45, 7) is 2.71. The van der Waals surface area contributed by atoms with Gasteiger partial charge < -0.3 is 31.3 Å². The van der Waals surface area contributed by atoms with E-state index in [0.29, 0.717) is 41.3 Å². The van der Waals surface area contributed by atoms with E-state index in [1.165, 1.54) is 25.8 Å². The van der Waals surface area contributed by atoms with Crippen LogP contribution in [-0.4, -0.2) is 75.8 Å². The summed E-state index contributed by atoms with van der Waals surface area (Å²) in [5.41, 5.74) is 13.4. The first-order valence-electron chi connectivity index (χ1n) is 14.8. The summed E-state index contributed by atoms with van der Waals surface area (Å²) in [5, 5.41) is 2.80. The molecule has 12 nitrogen and oxygen atoms in total. The van der Waals surface area contributed by atoms with E-state index in [1.54, 1.807) is 29.2 Å². The van der Waals surface area contributed by atoms with E-state index in [-0.39, 0.29) is 44.0 Å². The van der Waals surface area contributed by atoms with Gasteiger partial charge >= 0.3 is 5.97 Å². The van der Waals surface area contributed by atoms with Gasteiger partial charge in [0.15, 0.2) is 5.82 Å². The molecule has 1 aromatic carbocycles. The van der Waals surface area contributed by atoms with Crippen LogP contribution < -0.4 is 31.3 Å². The Morgan fingerprint density at radius 3 is 2.32 bits per heavy atom. The zero-order chi connectivity index (χ0) is 31.7. The van der Waals surface area contributed by atoms with E-state index in [1.807, 2.05) is 0 Å². The molecule has 6 N–H and O–H groups in total. The van der Waals surface area contributed by atoms with Gasteiger partial charge in [-0.1, -0.05) is 0 Å². The van der Waals surface area contributed by atoms with Gasteiger partial charge in [0.2, 0.25) is 10.0 Å². The van der Waals surface area contributed by atoms with E-state index in [9.17, 15) is 26.8 Å². The first-order chi connectivity index (χ1) is 20.7. The monoisotopic (exact) mass is 635 g/mol. The van der Waals surface area contributed by atoms with Crippen LogP contribution in [0.15, 0.2) is 30.3 Å². The minimum Gasteiger partial charge on any atom is -0.463 e. The third-order valence-electron chi connectivity index (χ3n) is 8.55. The number of halogens is 2. The van der Waals surface area contributed by atoms with Crippen molar-refractivity contribution in [3.05, 3.63) is 35.9 Å². The quantitative estimate of drug-likeness (QED) is 0.284. The number of ether oxygens (including phenoxy) is 1. The highest BCUT2D eigenvalue weighted by Gasteiger charge is 2.44. The van der Waals surface area contributed by atoms with Crippen LogP contribution in [0.5, 0.6) is 0 Å². The van der Waals surface area contributed by atoms with Gasteiger partial charge in [-0.25, -0.2) is 22.2 Å². The topological polar surface area (TPSA) is 173 Å². The van der Waals surface area contributed by atoms with Crippen molar-refractivity contribution in [3.8, 4) is 0 Å². The summed E-state index contributed by atoms with van der Waals surface area (Å²) in [4.78, 5) is 33.4. The molecule has 3 fully saturated rings. The molecule has 5 rings (SSSR count). The standard InChI is InChI=1S/C29H39F2N7O5S/c1-19(32)27(40)43-16-17-44(41,42)36-20-2-3-21(23(18-20)37-12-8-28(6-7-28)9-13-37)26(39)35-24-5-4-22(33)25(34-24)38-14-10-29(30,31)11-15-38/h2-5,18-19,36H,6-17,32-33H2,1H3,(H,34,35,39). The molecular formula is C29H39F2N7O5S. The van der Waals surface area contributed by atoms with Gasteiger partial charge in [0.1, 0.15) is 24.2 Å². The van der Waals surface area contributed by atoms with Crippen LogP contribution in [0.1, 0.15) is 55.8 Å². The number of nitrogens with two attached hydrogens (primary N) is 2. The predicted molar refractivity (Wildman–Crippen MR) is 165 cm³/mol. The molecule has 1 aliphatic carbocycles. The number of nitrogens with one attached hydrogen (secondary N) is 2. The maximum atomic E-state index is 13.7. The van der Waals surface area contributed by atoms with Crippen molar-refractivity contribution in [3.63, 3.8) is 0 Å². The fourth-order valence-electron chi connectivity index (χ4n) is 5.57. The maximum Gasteiger partial charge on any atom is 0.322 e. The molecule has 1 saturated carbocycles. The summed E-state index contributed by atoms with van der Waals surface area (Å²) in [7, 11) is -3.88. The van der Waals surface area contributed by atoms with Crippen LogP contribution in [0.2, 0.25) is 0 Å². The lowest BCUT2D eigenvalue weighted by Gasteiger charge is -2.35. The molecule has 1 spiro atoms. The number of aromatic nitrogens is 1. The van der Waals surface area contributed by atoms with Crippen molar-refractivity contribution in [2.75, 3.05) is 64.1 Å². The molecular weight excluding hydrogens is 596 g/mol. The Morgan fingerprint density at radius 1 is 1.02 bits per heavy atom. The van der Waals surface area contributed by atoms with Crippen molar-refractivity contribution in [1.29, 1.82) is 0 Å². The number of nitrogens with zero attached hydrogens (tertiary/aromatic N) is 3. The highest BCUT2D eigenvalue weighted by molar-refractivity contribution is 7.92. The van der Waals surface area contributed by atoms with Crippen LogP contribution in [0.3, 0.4) is 0 Å². The zero-order valence-electron chi connectivity index (χ0n) is 24.7. The summed E-state index contributed by atoms with van der Waals surface area (Å²) in [6, 6.07) is 6.93. The number of esters is 1.